The van der Waals surface area contributed by atoms with Crippen LogP contribution in [0, 0.1) is 13.8 Å². The maximum atomic E-state index is 13.2. The first-order chi connectivity index (χ1) is 16.3. The molecular formula is C25H25BrN6OS. The third-order valence-corrected chi connectivity index (χ3v) is 6.57. The van der Waals surface area contributed by atoms with Gasteiger partial charge in [-0.3, -0.25) is 4.79 Å². The van der Waals surface area contributed by atoms with Crippen LogP contribution < -0.4 is 5.32 Å². The molecule has 2 aromatic carbocycles. The van der Waals surface area contributed by atoms with Gasteiger partial charge in [0.15, 0.2) is 10.9 Å². The Hall–Kier alpha value is -3.04. The minimum absolute atomic E-state index is 0.271. The fourth-order valence-electron chi connectivity index (χ4n) is 3.43. The fraction of sp³-hybridized carbons (Fsp3) is 0.240. The summed E-state index contributed by atoms with van der Waals surface area (Å²) in [6.45, 7) is 8.15. The summed E-state index contributed by atoms with van der Waals surface area (Å²) in [4.78, 5) is 22.2. The molecule has 0 saturated carbocycles. The molecule has 7 nitrogen and oxygen atoms in total. The Morgan fingerprint density at radius 1 is 1.03 bits per heavy atom. The van der Waals surface area contributed by atoms with Crippen molar-refractivity contribution in [1.82, 2.24) is 25.0 Å². The molecule has 0 aliphatic heterocycles. The van der Waals surface area contributed by atoms with Gasteiger partial charge in [0.05, 0.1) is 11.4 Å². The Bertz CT molecular complexity index is 1280. The Labute approximate surface area is 211 Å². The van der Waals surface area contributed by atoms with Gasteiger partial charge in [0.1, 0.15) is 0 Å². The number of hydrogen-bond acceptors (Lipinski definition) is 6. The summed E-state index contributed by atoms with van der Waals surface area (Å²) in [6.07, 6.45) is 0. The minimum Gasteiger partial charge on any atom is -0.321 e. The zero-order chi connectivity index (χ0) is 24.2. The number of carbonyl (C=O) groups excluding carboxylic acids is 1. The van der Waals surface area contributed by atoms with Gasteiger partial charge < -0.3 is 5.32 Å². The Morgan fingerprint density at radius 2 is 1.68 bits per heavy atom. The normalized spacial score (nSPS) is 11.1. The number of nitrogens with one attached hydrogen (secondary N) is 1. The molecule has 2 heterocycles. The molecule has 0 aliphatic carbocycles. The van der Waals surface area contributed by atoms with E-state index in [-0.39, 0.29) is 11.6 Å². The van der Waals surface area contributed by atoms with E-state index in [0.717, 1.165) is 21.5 Å². The van der Waals surface area contributed by atoms with Crippen LogP contribution in [0.15, 0.2) is 64.2 Å². The fourth-order valence-corrected chi connectivity index (χ4v) is 4.64. The summed E-state index contributed by atoms with van der Waals surface area (Å²) >= 11 is 4.91. The van der Waals surface area contributed by atoms with E-state index in [4.69, 9.17) is 0 Å². The lowest BCUT2D eigenvalue weighted by molar-refractivity contribution is 0.102. The number of aryl methyl sites for hydroxylation is 2. The Balaban J connectivity index is 1.64. The van der Waals surface area contributed by atoms with Crippen LogP contribution in [0.5, 0.6) is 0 Å². The van der Waals surface area contributed by atoms with Gasteiger partial charge in [-0.15, -0.1) is 5.10 Å². The number of halogens is 1. The van der Waals surface area contributed by atoms with Crippen LogP contribution in [0.3, 0.4) is 0 Å². The van der Waals surface area contributed by atoms with Crippen LogP contribution in [0.4, 0.5) is 5.69 Å². The van der Waals surface area contributed by atoms with E-state index in [0.29, 0.717) is 28.2 Å². The highest BCUT2D eigenvalue weighted by atomic mass is 79.9. The minimum atomic E-state index is -0.308. The Kier molecular flexibility index (Phi) is 7.43. The Morgan fingerprint density at radius 3 is 2.29 bits per heavy atom. The van der Waals surface area contributed by atoms with Crippen LogP contribution in [0.25, 0.3) is 5.69 Å². The van der Waals surface area contributed by atoms with Crippen molar-refractivity contribution < 1.29 is 4.79 Å². The van der Waals surface area contributed by atoms with Crippen molar-refractivity contribution in [2.24, 2.45) is 0 Å². The van der Waals surface area contributed by atoms with E-state index < -0.39 is 0 Å². The van der Waals surface area contributed by atoms with Crippen LogP contribution in [-0.2, 0) is 5.75 Å². The van der Waals surface area contributed by atoms with Gasteiger partial charge in [0, 0.05) is 27.3 Å². The predicted molar refractivity (Wildman–Crippen MR) is 139 cm³/mol. The molecule has 0 aliphatic rings. The van der Waals surface area contributed by atoms with Crippen LogP contribution in [0.2, 0.25) is 0 Å². The molecule has 9 heteroatoms. The lowest BCUT2D eigenvalue weighted by Gasteiger charge is -2.10. The number of hydrogen-bond donors (Lipinski definition) is 1. The summed E-state index contributed by atoms with van der Waals surface area (Å²) in [5.41, 5.74) is 5.48. The first-order valence-corrected chi connectivity index (χ1v) is 12.6. The average Bonchev–Trinajstić information content (AvgIpc) is 3.22. The SMILES string of the molecule is Cc1cc(C)nc(SCc2c(C(=O)Nc3ccc(C(C)C)cc3)nnn2-c2ccc(Br)cc2)n1. The maximum Gasteiger partial charge on any atom is 0.278 e. The molecule has 0 spiro atoms. The number of benzene rings is 2. The number of rotatable bonds is 7. The topological polar surface area (TPSA) is 85.6 Å². The molecule has 174 valence electrons. The quantitative estimate of drug-likeness (QED) is 0.226. The molecule has 2 aromatic heterocycles. The molecule has 4 aromatic rings. The molecule has 4 rings (SSSR count). The van der Waals surface area contributed by atoms with Gasteiger partial charge in [0.25, 0.3) is 5.91 Å². The standard InChI is InChI=1S/C25H25BrN6OS/c1-15(2)18-5-9-20(10-6-18)29-24(33)23-22(14-34-25-27-16(3)13-17(4)28-25)32(31-30-23)21-11-7-19(26)8-12-21/h5-13,15H,14H2,1-4H3,(H,29,33). The van der Waals surface area contributed by atoms with Crippen LogP contribution in [0.1, 0.15) is 52.9 Å². The van der Waals surface area contributed by atoms with Gasteiger partial charge >= 0.3 is 0 Å². The molecule has 0 atom stereocenters. The highest BCUT2D eigenvalue weighted by Crippen LogP contribution is 2.25. The largest absolute Gasteiger partial charge is 0.321 e. The monoisotopic (exact) mass is 536 g/mol. The summed E-state index contributed by atoms with van der Waals surface area (Å²) in [6, 6.07) is 17.5. The van der Waals surface area contributed by atoms with E-state index in [9.17, 15) is 4.79 Å². The molecule has 0 radical (unpaired) electrons. The molecular weight excluding hydrogens is 512 g/mol. The second kappa shape index (κ2) is 10.5. The number of amides is 1. The first kappa shape index (κ1) is 24.1. The third-order valence-electron chi connectivity index (χ3n) is 5.18. The molecule has 34 heavy (non-hydrogen) atoms. The second-order valence-electron chi connectivity index (χ2n) is 8.23. The van der Waals surface area contributed by atoms with Crippen molar-refractivity contribution in [2.45, 2.75) is 44.5 Å². The van der Waals surface area contributed by atoms with E-state index in [1.165, 1.54) is 17.3 Å². The number of carbonyl (C=O) groups is 1. The van der Waals surface area contributed by atoms with Crippen molar-refractivity contribution >= 4 is 39.3 Å². The third kappa shape index (κ3) is 5.71. The van der Waals surface area contributed by atoms with Crippen molar-refractivity contribution in [3.63, 3.8) is 0 Å². The van der Waals surface area contributed by atoms with E-state index in [1.807, 2.05) is 68.4 Å². The number of aromatic nitrogens is 5. The number of anilines is 1. The molecule has 1 N–H and O–H groups in total. The molecule has 0 fully saturated rings. The first-order valence-electron chi connectivity index (χ1n) is 10.9. The van der Waals surface area contributed by atoms with E-state index in [2.05, 4.69) is 55.4 Å². The predicted octanol–water partition coefficient (Wildman–Crippen LogP) is 6.10. The zero-order valence-corrected chi connectivity index (χ0v) is 21.8. The summed E-state index contributed by atoms with van der Waals surface area (Å²) in [5, 5.41) is 12.1. The van der Waals surface area contributed by atoms with E-state index in [1.54, 1.807) is 4.68 Å². The summed E-state index contributed by atoms with van der Waals surface area (Å²) in [5.74, 6) is 0.547. The summed E-state index contributed by atoms with van der Waals surface area (Å²) < 4.78 is 2.65. The molecule has 0 unspecified atom stereocenters. The van der Waals surface area contributed by atoms with Crippen LogP contribution in [-0.4, -0.2) is 30.9 Å². The van der Waals surface area contributed by atoms with Crippen molar-refractivity contribution in [1.29, 1.82) is 0 Å². The second-order valence-corrected chi connectivity index (χ2v) is 10.1. The zero-order valence-electron chi connectivity index (χ0n) is 19.4. The highest BCUT2D eigenvalue weighted by Gasteiger charge is 2.22. The van der Waals surface area contributed by atoms with Gasteiger partial charge in [-0.05, 0) is 67.8 Å². The van der Waals surface area contributed by atoms with Crippen molar-refractivity contribution in [3.8, 4) is 5.69 Å². The van der Waals surface area contributed by atoms with Gasteiger partial charge in [-0.1, -0.05) is 58.9 Å². The smallest absolute Gasteiger partial charge is 0.278 e. The lowest BCUT2D eigenvalue weighted by atomic mass is 10.0. The molecule has 0 saturated heterocycles. The molecule has 0 bridgehead atoms. The van der Waals surface area contributed by atoms with Crippen LogP contribution >= 0.6 is 27.7 Å². The molecule has 1 amide bonds. The number of thioether (sulfide) groups is 1. The maximum absolute atomic E-state index is 13.2. The summed E-state index contributed by atoms with van der Waals surface area (Å²) in [7, 11) is 0. The van der Waals surface area contributed by atoms with Gasteiger partial charge in [-0.25, -0.2) is 14.6 Å². The lowest BCUT2D eigenvalue weighted by Crippen LogP contribution is -2.15. The van der Waals surface area contributed by atoms with Gasteiger partial charge in [-0.2, -0.15) is 0 Å². The average molecular weight is 537 g/mol. The number of nitrogens with zero attached hydrogens (tertiary/aromatic N) is 5. The van der Waals surface area contributed by atoms with Gasteiger partial charge in [0.2, 0.25) is 0 Å². The highest BCUT2D eigenvalue weighted by molar-refractivity contribution is 9.10. The van der Waals surface area contributed by atoms with E-state index >= 15 is 0 Å². The van der Waals surface area contributed by atoms with Crippen molar-refractivity contribution in [3.05, 3.63) is 87.4 Å². The van der Waals surface area contributed by atoms with Crippen molar-refractivity contribution in [2.75, 3.05) is 5.32 Å².